The maximum absolute atomic E-state index is 12.2. The lowest BCUT2D eigenvalue weighted by Gasteiger charge is -2.23. The second kappa shape index (κ2) is 7.28. The average Bonchev–Trinajstić information content (AvgIpc) is 2.53. The van der Waals surface area contributed by atoms with Crippen molar-refractivity contribution in [3.05, 3.63) is 65.2 Å². The molecule has 0 aliphatic heterocycles. The van der Waals surface area contributed by atoms with Gasteiger partial charge in [-0.05, 0) is 42.2 Å². The summed E-state index contributed by atoms with van der Waals surface area (Å²) in [6.45, 7) is 4.71. The van der Waals surface area contributed by atoms with Gasteiger partial charge in [-0.2, -0.15) is 0 Å². The number of carbonyl (C=O) groups excluding carboxylic acids is 1. The molecule has 0 atom stereocenters. The van der Waals surface area contributed by atoms with E-state index in [4.69, 9.17) is 11.6 Å². The van der Waals surface area contributed by atoms with Crippen molar-refractivity contribution in [2.24, 2.45) is 0 Å². The van der Waals surface area contributed by atoms with Gasteiger partial charge in [0.2, 0.25) is 5.91 Å². The summed E-state index contributed by atoms with van der Waals surface area (Å²) in [7, 11) is 0. The van der Waals surface area contributed by atoms with Crippen molar-refractivity contribution in [1.29, 1.82) is 0 Å². The number of alkyl halides is 1. The Balaban J connectivity index is 2.30. The fourth-order valence-electron chi connectivity index (χ4n) is 2.27. The molecule has 2 rings (SSSR count). The summed E-state index contributed by atoms with van der Waals surface area (Å²) in [6.07, 6.45) is 0.988. The molecule has 2 nitrogen and oxygen atoms in total. The minimum absolute atomic E-state index is 0.0125. The molecule has 0 saturated carbocycles. The molecule has 0 aliphatic carbocycles. The van der Waals surface area contributed by atoms with Crippen molar-refractivity contribution in [3.63, 3.8) is 0 Å². The monoisotopic (exact) mass is 301 g/mol. The summed E-state index contributed by atoms with van der Waals surface area (Å²) < 4.78 is 0. The zero-order valence-electron chi connectivity index (χ0n) is 12.5. The SMILES string of the molecule is CCc1ccc(N(Cc2ccccc2C)C(=O)CCl)cc1. The van der Waals surface area contributed by atoms with Gasteiger partial charge in [0.15, 0.2) is 0 Å². The Labute approximate surface area is 131 Å². The van der Waals surface area contributed by atoms with Crippen LogP contribution < -0.4 is 4.90 Å². The van der Waals surface area contributed by atoms with Gasteiger partial charge in [0.25, 0.3) is 0 Å². The standard InChI is InChI=1S/C18H20ClNO/c1-3-15-8-10-17(11-9-15)20(18(21)12-19)13-16-7-5-4-6-14(16)2/h4-11H,3,12-13H2,1-2H3. The van der Waals surface area contributed by atoms with Gasteiger partial charge < -0.3 is 4.90 Å². The van der Waals surface area contributed by atoms with Crippen LogP contribution in [0.25, 0.3) is 0 Å². The van der Waals surface area contributed by atoms with Crippen molar-refractivity contribution >= 4 is 23.2 Å². The van der Waals surface area contributed by atoms with Gasteiger partial charge in [-0.25, -0.2) is 0 Å². The summed E-state index contributed by atoms with van der Waals surface area (Å²) >= 11 is 5.77. The fraction of sp³-hybridized carbons (Fsp3) is 0.278. The average molecular weight is 302 g/mol. The van der Waals surface area contributed by atoms with E-state index in [0.29, 0.717) is 6.54 Å². The predicted molar refractivity (Wildman–Crippen MR) is 88.9 cm³/mol. The van der Waals surface area contributed by atoms with Crippen molar-refractivity contribution in [2.75, 3.05) is 10.8 Å². The molecule has 1 amide bonds. The second-order valence-electron chi connectivity index (χ2n) is 5.06. The van der Waals surface area contributed by atoms with Crippen LogP contribution in [0.15, 0.2) is 48.5 Å². The molecular weight excluding hydrogens is 282 g/mol. The van der Waals surface area contributed by atoms with Crippen LogP contribution in [0.5, 0.6) is 0 Å². The molecule has 3 heteroatoms. The molecule has 0 unspecified atom stereocenters. The van der Waals surface area contributed by atoms with E-state index >= 15 is 0 Å². The topological polar surface area (TPSA) is 20.3 Å². The Morgan fingerprint density at radius 3 is 2.33 bits per heavy atom. The fourth-order valence-corrected chi connectivity index (χ4v) is 2.41. The third-order valence-electron chi connectivity index (χ3n) is 3.66. The Morgan fingerprint density at radius 2 is 1.76 bits per heavy atom. The lowest BCUT2D eigenvalue weighted by molar-refractivity contribution is -0.116. The normalized spacial score (nSPS) is 10.4. The Bertz CT molecular complexity index is 607. The Kier molecular flexibility index (Phi) is 5.40. The van der Waals surface area contributed by atoms with E-state index in [9.17, 15) is 4.79 Å². The van der Waals surface area contributed by atoms with E-state index in [1.165, 1.54) is 11.1 Å². The molecule has 0 N–H and O–H groups in total. The molecule has 21 heavy (non-hydrogen) atoms. The summed E-state index contributed by atoms with van der Waals surface area (Å²) in [5.74, 6) is -0.0920. The Morgan fingerprint density at radius 1 is 1.10 bits per heavy atom. The van der Waals surface area contributed by atoms with E-state index < -0.39 is 0 Å². The highest BCUT2D eigenvalue weighted by atomic mass is 35.5. The first-order valence-corrected chi connectivity index (χ1v) is 7.69. The molecule has 2 aromatic carbocycles. The summed E-state index contributed by atoms with van der Waals surface area (Å²) in [6, 6.07) is 16.2. The number of amides is 1. The third-order valence-corrected chi connectivity index (χ3v) is 3.89. The molecule has 0 saturated heterocycles. The first-order chi connectivity index (χ1) is 10.2. The van der Waals surface area contributed by atoms with Crippen LogP contribution in [0.3, 0.4) is 0 Å². The van der Waals surface area contributed by atoms with Crippen LogP contribution in [-0.4, -0.2) is 11.8 Å². The summed E-state index contributed by atoms with van der Waals surface area (Å²) in [4.78, 5) is 13.9. The van der Waals surface area contributed by atoms with Crippen LogP contribution in [0, 0.1) is 6.92 Å². The Hall–Kier alpha value is -1.80. The molecule has 0 spiro atoms. The number of hydrogen-bond donors (Lipinski definition) is 0. The minimum Gasteiger partial charge on any atom is -0.307 e. The van der Waals surface area contributed by atoms with Crippen molar-refractivity contribution in [2.45, 2.75) is 26.8 Å². The highest BCUT2D eigenvalue weighted by Crippen LogP contribution is 2.20. The number of aryl methyl sites for hydroxylation is 2. The lowest BCUT2D eigenvalue weighted by Crippen LogP contribution is -2.31. The predicted octanol–water partition coefficient (Wildman–Crippen LogP) is 4.33. The minimum atomic E-state index is -0.0795. The van der Waals surface area contributed by atoms with Crippen molar-refractivity contribution in [3.8, 4) is 0 Å². The van der Waals surface area contributed by atoms with Crippen LogP contribution in [0.4, 0.5) is 5.69 Å². The van der Waals surface area contributed by atoms with Gasteiger partial charge in [-0.3, -0.25) is 4.79 Å². The number of anilines is 1. The molecule has 0 radical (unpaired) electrons. The van der Waals surface area contributed by atoms with Gasteiger partial charge >= 0.3 is 0 Å². The van der Waals surface area contributed by atoms with Gasteiger partial charge in [0.1, 0.15) is 5.88 Å². The van der Waals surface area contributed by atoms with Gasteiger partial charge in [-0.15, -0.1) is 11.6 Å². The van der Waals surface area contributed by atoms with E-state index in [2.05, 4.69) is 32.0 Å². The first-order valence-electron chi connectivity index (χ1n) is 7.15. The zero-order chi connectivity index (χ0) is 15.2. The van der Waals surface area contributed by atoms with Crippen LogP contribution >= 0.6 is 11.6 Å². The zero-order valence-corrected chi connectivity index (χ0v) is 13.2. The van der Waals surface area contributed by atoms with Crippen molar-refractivity contribution < 1.29 is 4.79 Å². The smallest absolute Gasteiger partial charge is 0.242 e. The molecular formula is C18H20ClNO. The summed E-state index contributed by atoms with van der Waals surface area (Å²) in [5, 5.41) is 0. The number of rotatable bonds is 5. The molecule has 2 aromatic rings. The van der Waals surface area contributed by atoms with Crippen molar-refractivity contribution in [1.82, 2.24) is 0 Å². The first kappa shape index (κ1) is 15.6. The third kappa shape index (κ3) is 3.85. The highest BCUT2D eigenvalue weighted by Gasteiger charge is 2.16. The van der Waals surface area contributed by atoms with Gasteiger partial charge in [0, 0.05) is 5.69 Å². The van der Waals surface area contributed by atoms with E-state index in [-0.39, 0.29) is 11.8 Å². The molecule has 0 aromatic heterocycles. The highest BCUT2D eigenvalue weighted by molar-refractivity contribution is 6.29. The number of nitrogens with zero attached hydrogens (tertiary/aromatic N) is 1. The molecule has 110 valence electrons. The van der Waals surface area contributed by atoms with E-state index in [0.717, 1.165) is 17.7 Å². The van der Waals surface area contributed by atoms with E-state index in [1.807, 2.05) is 30.3 Å². The van der Waals surface area contributed by atoms with E-state index in [1.54, 1.807) is 4.90 Å². The number of carbonyl (C=O) groups is 1. The van der Waals surface area contributed by atoms with Crippen LogP contribution in [0.2, 0.25) is 0 Å². The lowest BCUT2D eigenvalue weighted by atomic mass is 10.1. The molecule has 0 bridgehead atoms. The largest absolute Gasteiger partial charge is 0.307 e. The quantitative estimate of drug-likeness (QED) is 0.753. The van der Waals surface area contributed by atoms with Gasteiger partial charge in [-0.1, -0.05) is 43.3 Å². The molecule has 0 aliphatic rings. The number of hydrogen-bond acceptors (Lipinski definition) is 1. The molecule has 0 heterocycles. The van der Waals surface area contributed by atoms with Crippen LogP contribution in [0.1, 0.15) is 23.6 Å². The number of halogens is 1. The number of benzene rings is 2. The second-order valence-corrected chi connectivity index (χ2v) is 5.33. The maximum atomic E-state index is 12.2. The maximum Gasteiger partial charge on any atom is 0.242 e. The summed E-state index contributed by atoms with van der Waals surface area (Å²) in [5.41, 5.74) is 4.46. The van der Waals surface area contributed by atoms with Crippen LogP contribution in [-0.2, 0) is 17.8 Å². The van der Waals surface area contributed by atoms with Gasteiger partial charge in [0.05, 0.1) is 6.54 Å². The molecule has 0 fully saturated rings.